The number of nitrogens with zero attached hydrogens (tertiary/aromatic N) is 2. The first kappa shape index (κ1) is 22.8. The smallest absolute Gasteiger partial charge is 0.236 e. The van der Waals surface area contributed by atoms with Crippen LogP contribution in [0.1, 0.15) is 19.4 Å². The second kappa shape index (κ2) is 10.4. The Bertz CT molecular complexity index is 1060. The Morgan fingerprint density at radius 2 is 2.06 bits per heavy atom. The highest BCUT2D eigenvalue weighted by atomic mass is 35.5. The van der Waals surface area contributed by atoms with E-state index in [9.17, 15) is 9.90 Å². The largest absolute Gasteiger partial charge is 0.508 e. The predicted octanol–water partition coefficient (Wildman–Crippen LogP) is 3.62. The fraction of sp³-hybridized carbons (Fsp3) is 0.304. The van der Waals surface area contributed by atoms with Gasteiger partial charge >= 0.3 is 0 Å². The standard InChI is InChI=1S/C23H28ClN5O2/c1-3-29(11-10-27-23(31)15(2)25)14-16-12-18(5-7-22(16)30)28-20-8-9-26-21-13-17(24)4-6-19(20)21/h4-9,12-13,15,30H,3,10-11,14,25H2,1-2H3,(H,26,28)(H,27,31)/t15-/m0/s1. The topological polar surface area (TPSA) is 104 Å². The number of likely N-dealkylation sites (N-methyl/N-ethyl adjacent to an activating group) is 1. The van der Waals surface area contributed by atoms with Crippen LogP contribution >= 0.6 is 11.6 Å². The summed E-state index contributed by atoms with van der Waals surface area (Å²) in [5.41, 5.74) is 8.95. The first-order valence-corrected chi connectivity index (χ1v) is 10.6. The molecule has 0 aliphatic rings. The van der Waals surface area contributed by atoms with Gasteiger partial charge in [0.1, 0.15) is 5.75 Å². The fourth-order valence-electron chi connectivity index (χ4n) is 3.26. The molecule has 7 nitrogen and oxygen atoms in total. The zero-order chi connectivity index (χ0) is 22.4. The lowest BCUT2D eigenvalue weighted by atomic mass is 10.1. The molecule has 1 atom stereocenters. The van der Waals surface area contributed by atoms with Crippen LogP contribution < -0.4 is 16.4 Å². The summed E-state index contributed by atoms with van der Waals surface area (Å²) in [6.45, 7) is 6.19. The van der Waals surface area contributed by atoms with Crippen molar-refractivity contribution in [3.05, 3.63) is 59.2 Å². The average Bonchev–Trinajstić information content (AvgIpc) is 2.74. The molecule has 2 aromatic carbocycles. The minimum atomic E-state index is -0.526. The number of phenols is 1. The maximum atomic E-state index is 11.6. The summed E-state index contributed by atoms with van der Waals surface area (Å²) in [4.78, 5) is 18.2. The van der Waals surface area contributed by atoms with Gasteiger partial charge in [-0.1, -0.05) is 18.5 Å². The number of amides is 1. The number of benzene rings is 2. The van der Waals surface area contributed by atoms with Crippen LogP contribution in [0.5, 0.6) is 5.75 Å². The molecule has 164 valence electrons. The van der Waals surface area contributed by atoms with E-state index in [1.165, 1.54) is 0 Å². The molecule has 0 saturated heterocycles. The molecule has 1 heterocycles. The third kappa shape index (κ3) is 6.07. The van der Waals surface area contributed by atoms with E-state index in [4.69, 9.17) is 17.3 Å². The van der Waals surface area contributed by atoms with Gasteiger partial charge in [-0.15, -0.1) is 0 Å². The zero-order valence-corrected chi connectivity index (χ0v) is 18.5. The molecule has 0 aliphatic heterocycles. The maximum absolute atomic E-state index is 11.6. The van der Waals surface area contributed by atoms with Gasteiger partial charge in [0.15, 0.2) is 0 Å². The average molecular weight is 442 g/mol. The molecular weight excluding hydrogens is 414 g/mol. The number of hydrogen-bond acceptors (Lipinski definition) is 6. The number of anilines is 2. The Hall–Kier alpha value is -2.87. The molecule has 3 aromatic rings. The zero-order valence-electron chi connectivity index (χ0n) is 17.7. The predicted molar refractivity (Wildman–Crippen MR) is 126 cm³/mol. The van der Waals surface area contributed by atoms with E-state index in [1.54, 1.807) is 19.2 Å². The van der Waals surface area contributed by atoms with Crippen molar-refractivity contribution in [2.45, 2.75) is 26.4 Å². The quantitative estimate of drug-likeness (QED) is 0.378. The van der Waals surface area contributed by atoms with Crippen molar-refractivity contribution in [2.24, 2.45) is 5.73 Å². The number of rotatable bonds is 9. The van der Waals surface area contributed by atoms with Gasteiger partial charge in [-0.25, -0.2) is 0 Å². The van der Waals surface area contributed by atoms with Crippen LogP contribution in [0.15, 0.2) is 48.7 Å². The summed E-state index contributed by atoms with van der Waals surface area (Å²) in [5.74, 6) is 0.0611. The van der Waals surface area contributed by atoms with E-state index >= 15 is 0 Å². The van der Waals surface area contributed by atoms with Gasteiger partial charge < -0.3 is 21.5 Å². The third-order valence-electron chi connectivity index (χ3n) is 5.05. The Balaban J connectivity index is 1.72. The van der Waals surface area contributed by atoms with Crippen LogP contribution in [0.25, 0.3) is 10.9 Å². The molecule has 0 saturated carbocycles. The minimum Gasteiger partial charge on any atom is -0.508 e. The number of pyridine rings is 1. The number of aromatic hydroxyl groups is 1. The summed E-state index contributed by atoms with van der Waals surface area (Å²) >= 11 is 6.08. The van der Waals surface area contributed by atoms with E-state index in [0.717, 1.165) is 34.4 Å². The van der Waals surface area contributed by atoms with Crippen LogP contribution in [-0.2, 0) is 11.3 Å². The highest BCUT2D eigenvalue weighted by Gasteiger charge is 2.11. The number of carbonyl (C=O) groups excluding carboxylic acids is 1. The van der Waals surface area contributed by atoms with Gasteiger partial charge in [0.2, 0.25) is 5.91 Å². The lowest BCUT2D eigenvalue weighted by Crippen LogP contribution is -2.42. The van der Waals surface area contributed by atoms with E-state index in [2.05, 4.69) is 20.5 Å². The monoisotopic (exact) mass is 441 g/mol. The van der Waals surface area contributed by atoms with Gasteiger partial charge in [0.05, 0.1) is 11.6 Å². The van der Waals surface area contributed by atoms with Crippen molar-refractivity contribution in [1.29, 1.82) is 0 Å². The Morgan fingerprint density at radius 3 is 2.81 bits per heavy atom. The summed E-state index contributed by atoms with van der Waals surface area (Å²) < 4.78 is 0. The molecular formula is C23H28ClN5O2. The Morgan fingerprint density at radius 1 is 1.26 bits per heavy atom. The van der Waals surface area contributed by atoms with Gasteiger partial charge in [0, 0.05) is 53.2 Å². The SMILES string of the molecule is CCN(CCNC(=O)[C@H](C)N)Cc1cc(Nc2ccnc3cc(Cl)ccc23)ccc1O. The number of aromatic nitrogens is 1. The highest BCUT2D eigenvalue weighted by Crippen LogP contribution is 2.29. The highest BCUT2D eigenvalue weighted by molar-refractivity contribution is 6.31. The lowest BCUT2D eigenvalue weighted by molar-refractivity contribution is -0.122. The first-order valence-electron chi connectivity index (χ1n) is 10.3. The summed E-state index contributed by atoms with van der Waals surface area (Å²) in [7, 11) is 0. The number of nitrogens with one attached hydrogen (secondary N) is 2. The Kier molecular flexibility index (Phi) is 7.68. The molecule has 3 rings (SSSR count). The molecule has 31 heavy (non-hydrogen) atoms. The number of phenolic OH excluding ortho intramolecular Hbond substituents is 1. The number of halogens is 1. The molecule has 1 aromatic heterocycles. The van der Waals surface area contributed by atoms with Gasteiger partial charge in [0.25, 0.3) is 0 Å². The van der Waals surface area contributed by atoms with Crippen LogP contribution in [0.3, 0.4) is 0 Å². The molecule has 1 amide bonds. The van der Waals surface area contributed by atoms with Crippen molar-refractivity contribution in [2.75, 3.05) is 25.0 Å². The Labute approximate surface area is 187 Å². The van der Waals surface area contributed by atoms with Gasteiger partial charge in [-0.05, 0) is 55.9 Å². The van der Waals surface area contributed by atoms with Gasteiger partial charge in [-0.3, -0.25) is 14.7 Å². The molecule has 0 bridgehead atoms. The van der Waals surface area contributed by atoms with E-state index < -0.39 is 6.04 Å². The molecule has 8 heteroatoms. The molecule has 0 fully saturated rings. The number of nitrogens with two attached hydrogens (primary N) is 1. The third-order valence-corrected chi connectivity index (χ3v) is 5.28. The van der Waals surface area contributed by atoms with Crippen LogP contribution in [-0.4, -0.2) is 46.6 Å². The second-order valence-corrected chi connectivity index (χ2v) is 7.87. The molecule has 0 radical (unpaired) electrons. The normalized spacial score (nSPS) is 12.2. The van der Waals surface area contributed by atoms with E-state index in [-0.39, 0.29) is 11.7 Å². The van der Waals surface area contributed by atoms with Gasteiger partial charge in [-0.2, -0.15) is 0 Å². The van der Waals surface area contributed by atoms with Crippen molar-refractivity contribution < 1.29 is 9.90 Å². The van der Waals surface area contributed by atoms with Crippen LogP contribution in [0.4, 0.5) is 11.4 Å². The number of carbonyl (C=O) groups is 1. The van der Waals surface area contributed by atoms with Crippen molar-refractivity contribution in [1.82, 2.24) is 15.2 Å². The van der Waals surface area contributed by atoms with E-state index in [1.807, 2.05) is 43.3 Å². The molecule has 0 unspecified atom stereocenters. The number of hydrogen-bond donors (Lipinski definition) is 4. The number of fused-ring (bicyclic) bond motifs is 1. The van der Waals surface area contributed by atoms with E-state index in [0.29, 0.717) is 24.7 Å². The molecule has 0 spiro atoms. The fourth-order valence-corrected chi connectivity index (χ4v) is 3.43. The summed E-state index contributed by atoms with van der Waals surface area (Å²) in [6.07, 6.45) is 1.73. The summed E-state index contributed by atoms with van der Waals surface area (Å²) in [6, 6.07) is 12.4. The second-order valence-electron chi connectivity index (χ2n) is 7.44. The first-order chi connectivity index (χ1) is 14.9. The van der Waals surface area contributed by atoms with Crippen LogP contribution in [0, 0.1) is 0 Å². The van der Waals surface area contributed by atoms with Crippen LogP contribution in [0.2, 0.25) is 5.02 Å². The molecule has 0 aliphatic carbocycles. The van der Waals surface area contributed by atoms with Crippen molar-refractivity contribution >= 4 is 39.8 Å². The van der Waals surface area contributed by atoms with Crippen molar-refractivity contribution in [3.63, 3.8) is 0 Å². The van der Waals surface area contributed by atoms with Crippen molar-refractivity contribution in [3.8, 4) is 5.75 Å². The lowest BCUT2D eigenvalue weighted by Gasteiger charge is -2.22. The molecule has 5 N–H and O–H groups in total. The summed E-state index contributed by atoms with van der Waals surface area (Å²) in [5, 5.41) is 18.2. The maximum Gasteiger partial charge on any atom is 0.236 e. The minimum absolute atomic E-state index is 0.170.